The van der Waals surface area contributed by atoms with Crippen molar-refractivity contribution in [1.82, 2.24) is 5.32 Å². The van der Waals surface area contributed by atoms with E-state index < -0.39 is 23.4 Å². The summed E-state index contributed by atoms with van der Waals surface area (Å²) in [6.45, 7) is 0. The number of para-hydroxylation sites is 1. The first kappa shape index (κ1) is 14.6. The maximum Gasteiger partial charge on any atom is 0.319 e. The molecule has 0 unspecified atom stereocenters. The maximum absolute atomic E-state index is 13.5. The van der Waals surface area contributed by atoms with E-state index in [-0.39, 0.29) is 17.1 Å². The molecule has 1 aliphatic rings. The summed E-state index contributed by atoms with van der Waals surface area (Å²) >= 11 is 5.80. The number of carbonyl (C=O) groups excluding carboxylic acids is 1. The van der Waals surface area contributed by atoms with Gasteiger partial charge in [0, 0.05) is 0 Å². The molecule has 0 bridgehead atoms. The molecule has 5 nitrogen and oxygen atoms in total. The number of halogens is 2. The van der Waals surface area contributed by atoms with Crippen LogP contribution in [-0.4, -0.2) is 22.6 Å². The summed E-state index contributed by atoms with van der Waals surface area (Å²) in [5, 5.41) is 13.9. The monoisotopic (exact) mass is 300 g/mol. The van der Waals surface area contributed by atoms with Gasteiger partial charge in [0.05, 0.1) is 22.7 Å². The molecule has 1 saturated carbocycles. The number of anilines is 1. The number of amides is 2. The van der Waals surface area contributed by atoms with Gasteiger partial charge in [-0.1, -0.05) is 17.7 Å². The molecule has 7 heteroatoms. The fraction of sp³-hybridized carbons (Fsp3) is 0.385. The number of carboxylic acids is 1. The van der Waals surface area contributed by atoms with Crippen molar-refractivity contribution < 1.29 is 19.1 Å². The molecule has 108 valence electrons. The van der Waals surface area contributed by atoms with Crippen molar-refractivity contribution in [3.8, 4) is 0 Å². The Morgan fingerprint density at radius 2 is 2.10 bits per heavy atom. The fourth-order valence-corrected chi connectivity index (χ4v) is 2.45. The average Bonchev–Trinajstić information content (AvgIpc) is 2.30. The van der Waals surface area contributed by atoms with E-state index in [0.29, 0.717) is 12.8 Å². The number of hydrogen-bond donors (Lipinski definition) is 3. The summed E-state index contributed by atoms with van der Waals surface area (Å²) in [5.74, 6) is -1.62. The Balaban J connectivity index is 2.04. The summed E-state index contributed by atoms with van der Waals surface area (Å²) in [5.41, 5.74) is -0.857. The van der Waals surface area contributed by atoms with Gasteiger partial charge >= 0.3 is 12.0 Å². The van der Waals surface area contributed by atoms with Gasteiger partial charge in [-0.25, -0.2) is 9.18 Å². The van der Waals surface area contributed by atoms with Crippen molar-refractivity contribution in [2.24, 2.45) is 0 Å². The van der Waals surface area contributed by atoms with E-state index in [1.165, 1.54) is 18.2 Å². The normalized spacial score (nSPS) is 16.1. The molecule has 0 heterocycles. The molecule has 0 radical (unpaired) electrons. The van der Waals surface area contributed by atoms with Crippen LogP contribution in [0.2, 0.25) is 5.02 Å². The minimum Gasteiger partial charge on any atom is -0.481 e. The topological polar surface area (TPSA) is 78.4 Å². The predicted molar refractivity (Wildman–Crippen MR) is 72.4 cm³/mol. The number of carboxylic acid groups (broad SMARTS) is 1. The van der Waals surface area contributed by atoms with E-state index in [9.17, 15) is 14.0 Å². The van der Waals surface area contributed by atoms with E-state index >= 15 is 0 Å². The lowest BCUT2D eigenvalue weighted by Crippen LogP contribution is -2.55. The first-order valence-corrected chi connectivity index (χ1v) is 6.55. The number of nitrogens with one attached hydrogen (secondary N) is 2. The standard InChI is InChI=1S/C13H14ClFN2O3/c14-8-3-1-4-9(15)11(8)16-12(20)17-13(5-2-6-13)7-10(18)19/h1,3-4H,2,5-7H2,(H,18,19)(H2,16,17,20). The lowest BCUT2D eigenvalue weighted by atomic mass is 9.74. The van der Waals surface area contributed by atoms with Gasteiger partial charge in [0.1, 0.15) is 5.82 Å². The van der Waals surface area contributed by atoms with Crippen molar-refractivity contribution in [2.75, 3.05) is 5.32 Å². The zero-order valence-electron chi connectivity index (χ0n) is 10.6. The van der Waals surface area contributed by atoms with Gasteiger partial charge in [-0.2, -0.15) is 0 Å². The molecule has 0 atom stereocenters. The number of hydrogen-bond acceptors (Lipinski definition) is 2. The SMILES string of the molecule is O=C(O)CC1(NC(=O)Nc2c(F)cccc2Cl)CCC1. The molecule has 3 N–H and O–H groups in total. The highest BCUT2D eigenvalue weighted by molar-refractivity contribution is 6.33. The molecule has 1 aromatic rings. The Morgan fingerprint density at radius 1 is 1.40 bits per heavy atom. The predicted octanol–water partition coefficient (Wildman–Crippen LogP) is 3.00. The summed E-state index contributed by atoms with van der Waals surface area (Å²) in [4.78, 5) is 22.7. The Bertz CT molecular complexity index is 526. The van der Waals surface area contributed by atoms with Crippen LogP contribution in [0.4, 0.5) is 14.9 Å². The van der Waals surface area contributed by atoms with Gasteiger partial charge in [-0.05, 0) is 31.4 Å². The van der Waals surface area contributed by atoms with Crippen molar-refractivity contribution >= 4 is 29.3 Å². The quantitative estimate of drug-likeness (QED) is 0.800. The van der Waals surface area contributed by atoms with E-state index in [2.05, 4.69) is 10.6 Å². The molecule has 0 aromatic heterocycles. The minimum atomic E-state index is -0.978. The number of rotatable bonds is 4. The zero-order valence-corrected chi connectivity index (χ0v) is 11.3. The largest absolute Gasteiger partial charge is 0.481 e. The van der Waals surface area contributed by atoms with E-state index in [1.807, 2.05) is 0 Å². The van der Waals surface area contributed by atoms with Gasteiger partial charge in [-0.3, -0.25) is 4.79 Å². The summed E-state index contributed by atoms with van der Waals surface area (Å²) < 4.78 is 13.5. The fourth-order valence-electron chi connectivity index (χ4n) is 2.24. The number of aliphatic carboxylic acids is 1. The Morgan fingerprint density at radius 3 is 2.60 bits per heavy atom. The molecule has 1 aliphatic carbocycles. The van der Waals surface area contributed by atoms with Crippen LogP contribution in [0.25, 0.3) is 0 Å². The first-order chi connectivity index (χ1) is 9.42. The third-order valence-corrected chi connectivity index (χ3v) is 3.70. The molecular weight excluding hydrogens is 287 g/mol. The number of carbonyl (C=O) groups is 2. The van der Waals surface area contributed by atoms with Gasteiger partial charge < -0.3 is 15.7 Å². The lowest BCUT2D eigenvalue weighted by molar-refractivity contribution is -0.139. The molecule has 20 heavy (non-hydrogen) atoms. The second-order valence-corrected chi connectivity index (χ2v) is 5.29. The van der Waals surface area contributed by atoms with Crippen LogP contribution in [0, 0.1) is 5.82 Å². The van der Waals surface area contributed by atoms with Crippen molar-refractivity contribution in [1.29, 1.82) is 0 Å². The molecular formula is C13H14ClFN2O3. The van der Waals surface area contributed by atoms with E-state index in [1.54, 1.807) is 0 Å². The van der Waals surface area contributed by atoms with Crippen LogP contribution in [0.15, 0.2) is 18.2 Å². The smallest absolute Gasteiger partial charge is 0.319 e. The number of benzene rings is 1. The second kappa shape index (κ2) is 5.66. The van der Waals surface area contributed by atoms with Crippen LogP contribution in [0.5, 0.6) is 0 Å². The summed E-state index contributed by atoms with van der Waals surface area (Å²) in [6, 6.07) is 3.41. The molecule has 1 fully saturated rings. The van der Waals surface area contributed by atoms with Crippen LogP contribution in [0.3, 0.4) is 0 Å². The molecule has 0 aliphatic heterocycles. The first-order valence-electron chi connectivity index (χ1n) is 6.17. The van der Waals surface area contributed by atoms with Crippen molar-refractivity contribution in [3.05, 3.63) is 29.0 Å². The molecule has 2 amide bonds. The molecule has 2 rings (SSSR count). The van der Waals surface area contributed by atoms with Gasteiger partial charge in [0.25, 0.3) is 0 Å². The Hall–Kier alpha value is -1.82. The van der Waals surface area contributed by atoms with Gasteiger partial charge in [0.2, 0.25) is 0 Å². The lowest BCUT2D eigenvalue weighted by Gasteiger charge is -2.41. The summed E-state index contributed by atoms with van der Waals surface area (Å²) in [6.07, 6.45) is 1.90. The second-order valence-electron chi connectivity index (χ2n) is 4.88. The highest BCUT2D eigenvalue weighted by Gasteiger charge is 2.40. The maximum atomic E-state index is 13.5. The average molecular weight is 301 g/mol. The van der Waals surface area contributed by atoms with Crippen molar-refractivity contribution in [2.45, 2.75) is 31.2 Å². The minimum absolute atomic E-state index is 0.0843. The van der Waals surface area contributed by atoms with Gasteiger partial charge in [-0.15, -0.1) is 0 Å². The third-order valence-electron chi connectivity index (χ3n) is 3.38. The molecule has 0 spiro atoms. The third kappa shape index (κ3) is 3.19. The Kier molecular flexibility index (Phi) is 4.13. The molecule has 1 aromatic carbocycles. The summed E-state index contributed by atoms with van der Waals surface area (Å²) in [7, 11) is 0. The van der Waals surface area contributed by atoms with Crippen molar-refractivity contribution in [3.63, 3.8) is 0 Å². The molecule has 0 saturated heterocycles. The van der Waals surface area contributed by atoms with E-state index in [0.717, 1.165) is 6.42 Å². The van der Waals surface area contributed by atoms with Crippen LogP contribution in [0.1, 0.15) is 25.7 Å². The van der Waals surface area contributed by atoms with Crippen LogP contribution < -0.4 is 10.6 Å². The van der Waals surface area contributed by atoms with E-state index in [4.69, 9.17) is 16.7 Å². The van der Waals surface area contributed by atoms with Crippen LogP contribution in [-0.2, 0) is 4.79 Å². The highest BCUT2D eigenvalue weighted by Crippen LogP contribution is 2.35. The van der Waals surface area contributed by atoms with Gasteiger partial charge in [0.15, 0.2) is 0 Å². The van der Waals surface area contributed by atoms with Crippen LogP contribution >= 0.6 is 11.6 Å². The Labute approximate surface area is 120 Å². The zero-order chi connectivity index (χ0) is 14.8. The number of urea groups is 1. The highest BCUT2D eigenvalue weighted by atomic mass is 35.5.